The first-order valence-electron chi connectivity index (χ1n) is 5.86. The lowest BCUT2D eigenvalue weighted by molar-refractivity contribution is 0.665. The van der Waals surface area contributed by atoms with Crippen molar-refractivity contribution in [3.8, 4) is 0 Å². The Balaban J connectivity index is 2.54. The van der Waals surface area contributed by atoms with Crippen LogP contribution in [0, 0.1) is 0 Å². The number of nitrogen functional groups attached to an aromatic ring is 1. The quantitative estimate of drug-likeness (QED) is 0.838. The molecule has 0 atom stereocenters. The molecule has 0 spiro atoms. The summed E-state index contributed by atoms with van der Waals surface area (Å²) in [5, 5.41) is 7.74. The molecule has 0 amide bonds. The fraction of sp³-hybridized carbons (Fsp3) is 0.545. The van der Waals surface area contributed by atoms with Crippen molar-refractivity contribution in [2.24, 2.45) is 0 Å². The number of fused-ring (bicyclic) bond motifs is 1. The molecule has 92 valence electrons. The third-order valence-electron chi connectivity index (χ3n) is 2.67. The van der Waals surface area contributed by atoms with E-state index < -0.39 is 0 Å². The first kappa shape index (κ1) is 11.6. The second-order valence-electron chi connectivity index (χ2n) is 4.32. The fourth-order valence-electron chi connectivity index (χ4n) is 1.90. The summed E-state index contributed by atoms with van der Waals surface area (Å²) in [5.41, 5.74) is 6.41. The summed E-state index contributed by atoms with van der Waals surface area (Å²) in [6.45, 7) is 7.36. The van der Waals surface area contributed by atoms with Crippen LogP contribution in [-0.4, -0.2) is 32.8 Å². The van der Waals surface area contributed by atoms with E-state index in [-0.39, 0.29) is 5.95 Å². The number of anilines is 2. The van der Waals surface area contributed by atoms with Gasteiger partial charge < -0.3 is 10.6 Å². The van der Waals surface area contributed by atoms with Gasteiger partial charge in [0.25, 0.3) is 0 Å². The number of aromatic nitrogens is 4. The molecule has 0 saturated heterocycles. The van der Waals surface area contributed by atoms with Crippen LogP contribution in [0.15, 0.2) is 6.20 Å². The Hall–Kier alpha value is -1.85. The zero-order valence-corrected chi connectivity index (χ0v) is 10.4. The van der Waals surface area contributed by atoms with E-state index >= 15 is 0 Å². The molecule has 0 bridgehead atoms. The number of nitrogens with zero attached hydrogens (tertiary/aromatic N) is 4. The van der Waals surface area contributed by atoms with E-state index in [0.717, 1.165) is 24.2 Å². The van der Waals surface area contributed by atoms with Gasteiger partial charge in [-0.05, 0) is 20.3 Å². The average Bonchev–Trinajstić information content (AvgIpc) is 2.72. The second kappa shape index (κ2) is 4.57. The number of hydrogen-bond donors (Lipinski definition) is 2. The predicted molar refractivity (Wildman–Crippen MR) is 68.9 cm³/mol. The van der Waals surface area contributed by atoms with Crippen molar-refractivity contribution in [2.45, 2.75) is 33.2 Å². The Bertz CT molecular complexity index is 504. The van der Waals surface area contributed by atoms with Crippen LogP contribution in [0.5, 0.6) is 0 Å². The highest BCUT2D eigenvalue weighted by Crippen LogP contribution is 2.24. The van der Waals surface area contributed by atoms with Gasteiger partial charge in [-0.3, -0.25) is 5.10 Å². The van der Waals surface area contributed by atoms with Crippen LogP contribution in [0.1, 0.15) is 27.2 Å². The van der Waals surface area contributed by atoms with Gasteiger partial charge >= 0.3 is 0 Å². The van der Waals surface area contributed by atoms with Gasteiger partial charge in [-0.15, -0.1) is 0 Å². The Labute approximate surface area is 100 Å². The minimum Gasteiger partial charge on any atom is -0.368 e. The van der Waals surface area contributed by atoms with E-state index in [0.29, 0.717) is 11.7 Å². The maximum atomic E-state index is 5.72. The van der Waals surface area contributed by atoms with Crippen molar-refractivity contribution in [1.29, 1.82) is 0 Å². The van der Waals surface area contributed by atoms with Crippen LogP contribution < -0.4 is 10.6 Å². The molecule has 0 aliphatic heterocycles. The van der Waals surface area contributed by atoms with Crippen molar-refractivity contribution in [3.05, 3.63) is 6.20 Å². The molecule has 0 saturated carbocycles. The van der Waals surface area contributed by atoms with Crippen molar-refractivity contribution >= 4 is 22.8 Å². The molecule has 17 heavy (non-hydrogen) atoms. The van der Waals surface area contributed by atoms with Gasteiger partial charge in [0.15, 0.2) is 5.65 Å². The van der Waals surface area contributed by atoms with Crippen molar-refractivity contribution < 1.29 is 0 Å². The molecule has 6 nitrogen and oxygen atoms in total. The molecular formula is C11H18N6. The number of rotatable bonds is 4. The fourth-order valence-corrected chi connectivity index (χ4v) is 1.90. The molecule has 0 aliphatic carbocycles. The largest absolute Gasteiger partial charge is 0.368 e. The van der Waals surface area contributed by atoms with Crippen LogP contribution in [-0.2, 0) is 0 Å². The maximum absolute atomic E-state index is 5.72. The number of nitrogens with one attached hydrogen (secondary N) is 1. The molecular weight excluding hydrogens is 216 g/mol. The summed E-state index contributed by atoms with van der Waals surface area (Å²) in [4.78, 5) is 10.7. The molecule has 0 fully saturated rings. The average molecular weight is 234 g/mol. The van der Waals surface area contributed by atoms with Crippen molar-refractivity contribution in [1.82, 2.24) is 20.2 Å². The van der Waals surface area contributed by atoms with E-state index in [9.17, 15) is 0 Å². The molecule has 2 aromatic rings. The highest BCUT2D eigenvalue weighted by atomic mass is 15.3. The lowest BCUT2D eigenvalue weighted by Gasteiger charge is -2.27. The van der Waals surface area contributed by atoms with Gasteiger partial charge in [0.1, 0.15) is 5.82 Å². The summed E-state index contributed by atoms with van der Waals surface area (Å²) in [6, 6.07) is 0.363. The Morgan fingerprint density at radius 3 is 2.82 bits per heavy atom. The van der Waals surface area contributed by atoms with E-state index in [4.69, 9.17) is 5.73 Å². The zero-order chi connectivity index (χ0) is 12.4. The second-order valence-corrected chi connectivity index (χ2v) is 4.32. The summed E-state index contributed by atoms with van der Waals surface area (Å²) in [6.07, 6.45) is 2.80. The Kier molecular flexibility index (Phi) is 3.12. The number of hydrogen-bond acceptors (Lipinski definition) is 5. The van der Waals surface area contributed by atoms with Gasteiger partial charge in [-0.2, -0.15) is 15.1 Å². The number of nitrogens with two attached hydrogens (primary N) is 1. The minimum atomic E-state index is 0.276. The third-order valence-corrected chi connectivity index (χ3v) is 2.67. The summed E-state index contributed by atoms with van der Waals surface area (Å²) in [7, 11) is 0. The van der Waals surface area contributed by atoms with Crippen LogP contribution in [0.25, 0.3) is 11.0 Å². The van der Waals surface area contributed by atoms with Crippen LogP contribution in [0.2, 0.25) is 0 Å². The van der Waals surface area contributed by atoms with Gasteiger partial charge in [-0.1, -0.05) is 6.92 Å². The minimum absolute atomic E-state index is 0.276. The van der Waals surface area contributed by atoms with E-state index in [1.165, 1.54) is 0 Å². The van der Waals surface area contributed by atoms with Crippen LogP contribution >= 0.6 is 0 Å². The normalized spacial score (nSPS) is 11.3. The first-order chi connectivity index (χ1) is 8.13. The number of aromatic amines is 1. The molecule has 2 aromatic heterocycles. The third kappa shape index (κ3) is 2.15. The van der Waals surface area contributed by atoms with Crippen LogP contribution in [0.4, 0.5) is 11.8 Å². The van der Waals surface area contributed by atoms with E-state index in [1.807, 2.05) is 0 Å². The molecule has 0 aliphatic rings. The maximum Gasteiger partial charge on any atom is 0.224 e. The lowest BCUT2D eigenvalue weighted by atomic mass is 10.2. The van der Waals surface area contributed by atoms with Crippen molar-refractivity contribution in [2.75, 3.05) is 17.2 Å². The number of H-pyrrole nitrogens is 1. The highest BCUT2D eigenvalue weighted by molar-refractivity contribution is 5.87. The Morgan fingerprint density at radius 1 is 1.41 bits per heavy atom. The molecule has 6 heteroatoms. The van der Waals surface area contributed by atoms with Gasteiger partial charge in [0.05, 0.1) is 11.6 Å². The van der Waals surface area contributed by atoms with Gasteiger partial charge in [-0.25, -0.2) is 0 Å². The first-order valence-corrected chi connectivity index (χ1v) is 5.86. The molecule has 2 heterocycles. The summed E-state index contributed by atoms with van der Waals surface area (Å²) >= 11 is 0. The van der Waals surface area contributed by atoms with E-state index in [1.54, 1.807) is 6.20 Å². The zero-order valence-electron chi connectivity index (χ0n) is 10.4. The van der Waals surface area contributed by atoms with Crippen molar-refractivity contribution in [3.63, 3.8) is 0 Å². The summed E-state index contributed by atoms with van der Waals surface area (Å²) in [5.74, 6) is 1.14. The standard InChI is InChI=1S/C11H18N6/c1-4-5-17(7(2)3)10-8-6-13-16-9(8)14-11(12)15-10/h6-7H,4-5H2,1-3H3,(H3,12,13,14,15,16). The lowest BCUT2D eigenvalue weighted by Crippen LogP contribution is -2.32. The van der Waals surface area contributed by atoms with Gasteiger partial charge in [0, 0.05) is 12.6 Å². The molecule has 0 unspecified atom stereocenters. The smallest absolute Gasteiger partial charge is 0.224 e. The molecule has 0 radical (unpaired) electrons. The Morgan fingerprint density at radius 2 is 2.18 bits per heavy atom. The molecule has 2 rings (SSSR count). The molecule has 0 aromatic carbocycles. The topological polar surface area (TPSA) is 83.7 Å². The van der Waals surface area contributed by atoms with Crippen LogP contribution in [0.3, 0.4) is 0 Å². The van der Waals surface area contributed by atoms with Gasteiger partial charge in [0.2, 0.25) is 5.95 Å². The van der Waals surface area contributed by atoms with E-state index in [2.05, 4.69) is 45.8 Å². The SMILES string of the molecule is CCCN(c1nc(N)nc2[nH]ncc12)C(C)C. The summed E-state index contributed by atoms with van der Waals surface area (Å²) < 4.78 is 0. The predicted octanol–water partition coefficient (Wildman–Crippen LogP) is 1.56. The molecule has 3 N–H and O–H groups in total. The monoisotopic (exact) mass is 234 g/mol. The highest BCUT2D eigenvalue weighted by Gasteiger charge is 2.16.